The number of rotatable bonds is 14. The van der Waals surface area contributed by atoms with E-state index in [4.69, 9.17) is 0 Å². The lowest BCUT2D eigenvalue weighted by Gasteiger charge is -2.28. The highest BCUT2D eigenvalue weighted by Gasteiger charge is 2.34. The number of halogens is 1. The van der Waals surface area contributed by atoms with Crippen molar-refractivity contribution in [1.82, 2.24) is 0 Å². The third-order valence-corrected chi connectivity index (χ3v) is 9.50. The molecule has 0 heterocycles. The topological polar surface area (TPSA) is 0 Å². The van der Waals surface area contributed by atoms with Crippen molar-refractivity contribution in [3.63, 3.8) is 0 Å². The van der Waals surface area contributed by atoms with Gasteiger partial charge in [0.25, 0.3) is 0 Å². The van der Waals surface area contributed by atoms with Gasteiger partial charge in [0.1, 0.15) is 0 Å². The van der Waals surface area contributed by atoms with Gasteiger partial charge in [-0.05, 0) is 32.1 Å². The molecule has 2 heteroatoms. The molecular weight excluding hydrogens is 327 g/mol. The zero-order valence-corrected chi connectivity index (χ0v) is 17.4. The first kappa shape index (κ1) is 23.2. The molecule has 0 atom stereocenters. The lowest BCUT2D eigenvalue weighted by molar-refractivity contribution is 0.699. The third kappa shape index (κ3) is 11.6. The highest BCUT2D eigenvalue weighted by Crippen LogP contribution is 2.61. The van der Waals surface area contributed by atoms with Crippen LogP contribution < -0.4 is 0 Å². The summed E-state index contributed by atoms with van der Waals surface area (Å²) in [4.78, 5) is 0. The average molecular weight is 368 g/mol. The van der Waals surface area contributed by atoms with Crippen LogP contribution in [-0.4, -0.2) is 24.6 Å². The molecule has 124 valence electrons. The fourth-order valence-electron chi connectivity index (χ4n) is 3.03. The summed E-state index contributed by atoms with van der Waals surface area (Å²) in [6, 6.07) is 0. The van der Waals surface area contributed by atoms with E-state index in [9.17, 15) is 0 Å². The lowest BCUT2D eigenvalue weighted by atomic mass is 10.2. The normalized spacial score (nSPS) is 11.4. The summed E-state index contributed by atoms with van der Waals surface area (Å²) in [5, 5.41) is 0. The molecule has 0 amide bonds. The molecule has 0 aromatic carbocycles. The Morgan fingerprint density at radius 1 is 0.450 bits per heavy atom. The molecule has 0 bridgehead atoms. The van der Waals surface area contributed by atoms with Crippen LogP contribution in [0.2, 0.25) is 0 Å². The number of hydrogen-bond acceptors (Lipinski definition) is 0. The van der Waals surface area contributed by atoms with Crippen molar-refractivity contribution in [1.29, 1.82) is 0 Å². The summed E-state index contributed by atoms with van der Waals surface area (Å²) < 4.78 is 0. The Hall–Kier alpha value is 0.910. The van der Waals surface area contributed by atoms with E-state index < -0.39 is 7.26 Å². The summed E-state index contributed by atoms with van der Waals surface area (Å²) in [7, 11) is -0.586. The Morgan fingerprint density at radius 3 is 1.15 bits per heavy atom. The Morgan fingerprint density at radius 2 is 0.800 bits per heavy atom. The molecule has 0 spiro atoms. The maximum atomic E-state index is 2.37. The van der Waals surface area contributed by atoms with Crippen molar-refractivity contribution < 1.29 is 0 Å². The summed E-state index contributed by atoms with van der Waals surface area (Å²) >= 11 is 0. The van der Waals surface area contributed by atoms with Crippen LogP contribution in [0, 0.1) is 0 Å². The van der Waals surface area contributed by atoms with Gasteiger partial charge in [-0.25, -0.2) is 0 Å². The van der Waals surface area contributed by atoms with Gasteiger partial charge in [0.2, 0.25) is 0 Å². The Bertz CT molecular complexity index is 160. The van der Waals surface area contributed by atoms with Crippen LogP contribution in [0.15, 0.2) is 0 Å². The van der Waals surface area contributed by atoms with Crippen LogP contribution in [0.3, 0.4) is 0 Å². The van der Waals surface area contributed by atoms with E-state index in [1.165, 1.54) is 64.2 Å². The van der Waals surface area contributed by atoms with Crippen molar-refractivity contribution in [2.24, 2.45) is 0 Å². The minimum absolute atomic E-state index is 0. The molecule has 0 radical (unpaired) electrons. The van der Waals surface area contributed by atoms with E-state index in [0.717, 1.165) is 0 Å². The van der Waals surface area contributed by atoms with Crippen LogP contribution >= 0.6 is 24.2 Å². The molecule has 0 nitrogen and oxygen atoms in total. The van der Waals surface area contributed by atoms with Gasteiger partial charge in [-0.2, -0.15) is 0 Å². The van der Waals surface area contributed by atoms with Crippen molar-refractivity contribution in [2.45, 2.75) is 91.9 Å². The molecule has 0 fully saturated rings. The zero-order chi connectivity index (χ0) is 14.4. The van der Waals surface area contributed by atoms with Gasteiger partial charge in [0.15, 0.2) is 0 Å². The van der Waals surface area contributed by atoms with E-state index >= 15 is 0 Å². The van der Waals surface area contributed by atoms with Crippen molar-refractivity contribution in [3.05, 3.63) is 0 Å². The number of hydrogen-bond donors (Lipinski definition) is 0. The molecule has 0 N–H and O–H groups in total. The second-order valence-corrected chi connectivity index (χ2v) is 10.8. The van der Waals surface area contributed by atoms with Gasteiger partial charge >= 0.3 is 0 Å². The molecule has 0 aliphatic carbocycles. The minimum atomic E-state index is -0.586. The lowest BCUT2D eigenvalue weighted by Crippen LogP contribution is -2.12. The maximum Gasteiger partial charge on any atom is 0.0594 e. The van der Waals surface area contributed by atoms with Gasteiger partial charge < -0.3 is 0 Å². The van der Waals surface area contributed by atoms with E-state index in [0.29, 0.717) is 0 Å². The average Bonchev–Trinajstić information content (AvgIpc) is 2.44. The zero-order valence-electron chi connectivity index (χ0n) is 14.8. The van der Waals surface area contributed by atoms with Crippen LogP contribution in [0.4, 0.5) is 0 Å². The van der Waals surface area contributed by atoms with Crippen molar-refractivity contribution in [3.8, 4) is 0 Å². The van der Waals surface area contributed by atoms with E-state index in [-0.39, 0.29) is 17.0 Å². The quantitative estimate of drug-likeness (QED) is 0.219. The molecule has 0 aromatic heterocycles. The molecule has 20 heavy (non-hydrogen) atoms. The molecule has 0 unspecified atom stereocenters. The third-order valence-electron chi connectivity index (χ3n) is 4.44. The van der Waals surface area contributed by atoms with Gasteiger partial charge in [-0.3, -0.25) is 0 Å². The van der Waals surface area contributed by atoms with Gasteiger partial charge in [0.05, 0.1) is 24.6 Å². The first-order valence-corrected chi connectivity index (χ1v) is 11.6. The van der Waals surface area contributed by atoms with Crippen LogP contribution in [0.5, 0.6) is 0 Å². The van der Waals surface area contributed by atoms with E-state index in [1.807, 2.05) is 0 Å². The predicted molar refractivity (Wildman–Crippen MR) is 106 cm³/mol. The van der Waals surface area contributed by atoms with Gasteiger partial charge in [-0.15, -0.1) is 17.0 Å². The smallest absolute Gasteiger partial charge is 0.0594 e. The molecule has 0 saturated carbocycles. The van der Waals surface area contributed by atoms with Crippen molar-refractivity contribution >= 4 is 24.2 Å². The fraction of sp³-hybridized carbons (Fsp3) is 1.00. The largest absolute Gasteiger partial charge is 0.114 e. The molecule has 0 aliphatic heterocycles. The fourth-order valence-corrected chi connectivity index (χ4v) is 8.22. The first-order valence-electron chi connectivity index (χ1n) is 9.09. The SMILES string of the molecule is Br.CCCCCC[P+](CCCC)(CCCC)CCCC. The standard InChI is InChI=1S/C18H40P.BrH/c1-5-9-13-14-18-19(15-10-6-2,16-11-7-3)17-12-8-4;/h5-18H2,1-4H3;1H/q+1;. The van der Waals surface area contributed by atoms with Crippen molar-refractivity contribution in [2.75, 3.05) is 24.6 Å². The van der Waals surface area contributed by atoms with Gasteiger partial charge in [-0.1, -0.05) is 59.8 Å². The molecule has 0 rings (SSSR count). The molecule has 0 aromatic rings. The van der Waals surface area contributed by atoms with E-state index in [1.54, 1.807) is 24.6 Å². The first-order chi connectivity index (χ1) is 9.24. The molecule has 0 saturated heterocycles. The maximum absolute atomic E-state index is 2.37. The highest BCUT2D eigenvalue weighted by molar-refractivity contribution is 8.93. The summed E-state index contributed by atoms with van der Waals surface area (Å²) in [5.41, 5.74) is 0. The summed E-state index contributed by atoms with van der Waals surface area (Å²) in [5.74, 6) is 0. The van der Waals surface area contributed by atoms with Crippen LogP contribution in [-0.2, 0) is 0 Å². The van der Waals surface area contributed by atoms with Crippen LogP contribution in [0.25, 0.3) is 0 Å². The summed E-state index contributed by atoms with van der Waals surface area (Å²) in [6.45, 7) is 9.43. The molecular formula is C18H41BrP+. The molecule has 0 aliphatic rings. The van der Waals surface area contributed by atoms with Crippen LogP contribution in [0.1, 0.15) is 91.9 Å². The predicted octanol–water partition coefficient (Wildman–Crippen LogP) is 7.56. The number of unbranched alkanes of at least 4 members (excludes halogenated alkanes) is 6. The monoisotopic (exact) mass is 367 g/mol. The minimum Gasteiger partial charge on any atom is -0.114 e. The van der Waals surface area contributed by atoms with Gasteiger partial charge in [0, 0.05) is 7.26 Å². The second kappa shape index (κ2) is 16.3. The highest BCUT2D eigenvalue weighted by atomic mass is 79.9. The second-order valence-electron chi connectivity index (χ2n) is 6.36. The summed E-state index contributed by atoms with van der Waals surface area (Å²) in [6.07, 6.45) is 21.0. The Labute approximate surface area is 141 Å². The van der Waals surface area contributed by atoms with E-state index in [2.05, 4.69) is 27.7 Å². The Kier molecular flexibility index (Phi) is 18.9. The Balaban J connectivity index is 0.